The Kier molecular flexibility index (Phi) is 9.54. The molecule has 4 atom stereocenters. The zero-order valence-corrected chi connectivity index (χ0v) is 21.5. The standard InChI is InChI=1S/C23H24Cl2F3N5O5/c1-34-12-38-17-15(29)11-37-21(13-5-3-2-4-6-13)36-8-7-35-18(17)20-31-22(25)32-33(20)16-9-14(24)10-30-19(16)23(26,27)28/h2-6,9-10,15,17-18,21H,7-8,11-12,29H2,1H3/t15-,17?,18?,21?/m1/s1. The predicted molar refractivity (Wildman–Crippen MR) is 129 cm³/mol. The van der Waals surface area contributed by atoms with E-state index in [1.54, 1.807) is 0 Å². The second kappa shape index (κ2) is 12.7. The Labute approximate surface area is 225 Å². The van der Waals surface area contributed by atoms with Crippen molar-refractivity contribution >= 4 is 23.2 Å². The van der Waals surface area contributed by atoms with Gasteiger partial charge in [0, 0.05) is 18.9 Å². The van der Waals surface area contributed by atoms with Gasteiger partial charge in [0.05, 0.1) is 36.6 Å². The first-order valence-electron chi connectivity index (χ1n) is 11.3. The van der Waals surface area contributed by atoms with Crippen LogP contribution in [-0.4, -0.2) is 65.6 Å². The molecular formula is C23H24Cl2F3N5O5. The molecule has 1 aliphatic rings. The lowest BCUT2D eigenvalue weighted by atomic mass is 10.1. The third-order valence-electron chi connectivity index (χ3n) is 5.45. The summed E-state index contributed by atoms with van der Waals surface area (Å²) in [6, 6.07) is 9.40. The van der Waals surface area contributed by atoms with Crippen molar-refractivity contribution in [3.05, 3.63) is 70.0 Å². The SMILES string of the molecule is COCOC1C(c2nc(Cl)nn2-c2cc(Cl)cnc2C(F)(F)F)OCCOC(c2ccccc2)OC[C@H]1N. The molecule has 3 heterocycles. The fourth-order valence-electron chi connectivity index (χ4n) is 3.84. The van der Waals surface area contributed by atoms with Crippen LogP contribution in [0.15, 0.2) is 42.6 Å². The number of ether oxygens (including phenoxy) is 5. The van der Waals surface area contributed by atoms with Gasteiger partial charge in [-0.05, 0) is 17.7 Å². The molecule has 0 radical (unpaired) electrons. The topological polar surface area (TPSA) is 116 Å². The van der Waals surface area contributed by atoms with Crippen LogP contribution < -0.4 is 5.73 Å². The summed E-state index contributed by atoms with van der Waals surface area (Å²) in [6.07, 6.45) is -6.85. The second-order valence-corrected chi connectivity index (χ2v) is 8.88. The number of nitrogens with zero attached hydrogens (tertiary/aromatic N) is 4. The highest BCUT2D eigenvalue weighted by atomic mass is 35.5. The highest BCUT2D eigenvalue weighted by Crippen LogP contribution is 2.36. The lowest BCUT2D eigenvalue weighted by molar-refractivity contribution is -0.202. The van der Waals surface area contributed by atoms with Gasteiger partial charge in [0.25, 0.3) is 0 Å². The number of aromatic nitrogens is 4. The van der Waals surface area contributed by atoms with E-state index in [0.717, 1.165) is 22.5 Å². The molecule has 0 spiro atoms. The lowest BCUT2D eigenvalue weighted by Gasteiger charge is -2.33. The van der Waals surface area contributed by atoms with E-state index < -0.39 is 42.1 Å². The number of benzene rings is 1. The summed E-state index contributed by atoms with van der Waals surface area (Å²) in [5, 5.41) is 3.56. The van der Waals surface area contributed by atoms with Gasteiger partial charge in [-0.3, -0.25) is 0 Å². The van der Waals surface area contributed by atoms with Crippen molar-refractivity contribution in [1.29, 1.82) is 0 Å². The van der Waals surface area contributed by atoms with Crippen molar-refractivity contribution < 1.29 is 36.9 Å². The fourth-order valence-corrected chi connectivity index (χ4v) is 4.15. The lowest BCUT2D eigenvalue weighted by Crippen LogP contribution is -2.47. The van der Waals surface area contributed by atoms with Crippen LogP contribution in [0.4, 0.5) is 13.2 Å². The number of rotatable bonds is 6. The summed E-state index contributed by atoms with van der Waals surface area (Å²) in [6.45, 7) is -0.231. The predicted octanol–water partition coefficient (Wildman–Crippen LogP) is 4.11. The largest absolute Gasteiger partial charge is 0.435 e. The third-order valence-corrected chi connectivity index (χ3v) is 5.82. The van der Waals surface area contributed by atoms with Gasteiger partial charge in [0.2, 0.25) is 5.28 Å². The van der Waals surface area contributed by atoms with Gasteiger partial charge in [0.15, 0.2) is 17.8 Å². The van der Waals surface area contributed by atoms with E-state index >= 15 is 0 Å². The van der Waals surface area contributed by atoms with E-state index in [1.165, 1.54) is 7.11 Å². The van der Waals surface area contributed by atoms with Gasteiger partial charge in [-0.1, -0.05) is 41.9 Å². The first-order valence-corrected chi connectivity index (χ1v) is 12.1. The Morgan fingerprint density at radius 1 is 1.13 bits per heavy atom. The van der Waals surface area contributed by atoms with Crippen LogP contribution in [0.2, 0.25) is 10.3 Å². The third kappa shape index (κ3) is 6.79. The molecule has 0 aliphatic carbocycles. The summed E-state index contributed by atoms with van der Waals surface area (Å²) in [5.74, 6) is -0.124. The molecule has 1 saturated heterocycles. The molecule has 0 saturated carbocycles. The molecule has 1 aromatic carbocycles. The Hall–Kier alpha value is -2.36. The Bertz CT molecular complexity index is 1200. The van der Waals surface area contributed by atoms with E-state index in [-0.39, 0.29) is 42.7 Å². The van der Waals surface area contributed by atoms with E-state index in [4.69, 9.17) is 52.6 Å². The molecule has 1 aliphatic heterocycles. The molecule has 38 heavy (non-hydrogen) atoms. The quantitative estimate of drug-likeness (QED) is 0.432. The zero-order valence-electron chi connectivity index (χ0n) is 20.0. The summed E-state index contributed by atoms with van der Waals surface area (Å²) in [5.41, 5.74) is 5.47. The Morgan fingerprint density at radius 3 is 2.58 bits per heavy atom. The fraction of sp³-hybridized carbons (Fsp3) is 0.435. The Balaban J connectivity index is 1.72. The first kappa shape index (κ1) is 28.6. The number of hydrogen-bond donors (Lipinski definition) is 1. The van der Waals surface area contributed by atoms with Gasteiger partial charge in [-0.25, -0.2) is 9.67 Å². The highest BCUT2D eigenvalue weighted by molar-refractivity contribution is 6.30. The molecular weight excluding hydrogens is 554 g/mol. The van der Waals surface area contributed by atoms with E-state index in [0.29, 0.717) is 0 Å². The smallest absolute Gasteiger partial charge is 0.365 e. The van der Waals surface area contributed by atoms with E-state index in [1.807, 2.05) is 30.3 Å². The molecule has 0 bridgehead atoms. The maximum atomic E-state index is 13.8. The van der Waals surface area contributed by atoms with Gasteiger partial charge < -0.3 is 29.4 Å². The van der Waals surface area contributed by atoms with Crippen molar-refractivity contribution in [3.8, 4) is 5.69 Å². The zero-order chi connectivity index (χ0) is 27.3. The van der Waals surface area contributed by atoms with Crippen LogP contribution >= 0.6 is 23.2 Å². The average Bonchev–Trinajstić information content (AvgIpc) is 3.27. The second-order valence-electron chi connectivity index (χ2n) is 8.11. The number of hydrogen-bond acceptors (Lipinski definition) is 9. The molecule has 3 aromatic rings. The van der Waals surface area contributed by atoms with Gasteiger partial charge in [0.1, 0.15) is 19.0 Å². The van der Waals surface area contributed by atoms with Gasteiger partial charge in [-0.15, -0.1) is 5.10 Å². The van der Waals surface area contributed by atoms with Crippen molar-refractivity contribution in [2.75, 3.05) is 33.7 Å². The number of alkyl halides is 3. The van der Waals surface area contributed by atoms with Crippen LogP contribution in [0.1, 0.15) is 29.5 Å². The maximum absolute atomic E-state index is 13.8. The van der Waals surface area contributed by atoms with E-state index in [2.05, 4.69) is 15.1 Å². The van der Waals surface area contributed by atoms with Crippen LogP contribution in [0.25, 0.3) is 5.69 Å². The molecule has 3 unspecified atom stereocenters. The molecule has 15 heteroatoms. The number of halogens is 5. The van der Waals surface area contributed by atoms with Gasteiger partial charge >= 0.3 is 6.18 Å². The first-order chi connectivity index (χ1) is 18.2. The molecule has 2 aromatic heterocycles. The molecule has 2 N–H and O–H groups in total. The molecule has 0 amide bonds. The van der Waals surface area contributed by atoms with Crippen molar-refractivity contribution in [2.24, 2.45) is 5.73 Å². The van der Waals surface area contributed by atoms with Crippen LogP contribution in [0, 0.1) is 0 Å². The summed E-state index contributed by atoms with van der Waals surface area (Å²) < 4.78 is 71.0. The highest BCUT2D eigenvalue weighted by Gasteiger charge is 2.40. The molecule has 10 nitrogen and oxygen atoms in total. The van der Waals surface area contributed by atoms with Crippen molar-refractivity contribution in [3.63, 3.8) is 0 Å². The van der Waals surface area contributed by atoms with Crippen molar-refractivity contribution in [1.82, 2.24) is 19.7 Å². The number of nitrogens with two attached hydrogens (primary N) is 1. The minimum Gasteiger partial charge on any atom is -0.365 e. The summed E-state index contributed by atoms with van der Waals surface area (Å²) >= 11 is 12.1. The molecule has 206 valence electrons. The van der Waals surface area contributed by atoms with Crippen LogP contribution in [0.5, 0.6) is 0 Å². The van der Waals surface area contributed by atoms with E-state index in [9.17, 15) is 13.2 Å². The van der Waals surface area contributed by atoms with Gasteiger partial charge in [-0.2, -0.15) is 18.2 Å². The number of methoxy groups -OCH3 is 1. The maximum Gasteiger partial charge on any atom is 0.435 e. The number of pyridine rings is 1. The average molecular weight is 578 g/mol. The summed E-state index contributed by atoms with van der Waals surface area (Å²) in [4.78, 5) is 7.60. The van der Waals surface area contributed by atoms with Crippen molar-refractivity contribution in [2.45, 2.75) is 30.7 Å². The van der Waals surface area contributed by atoms with Crippen LogP contribution in [0.3, 0.4) is 0 Å². The Morgan fingerprint density at radius 2 is 1.87 bits per heavy atom. The van der Waals surface area contributed by atoms with Crippen LogP contribution in [-0.2, 0) is 29.9 Å². The minimum absolute atomic E-state index is 0.0265. The summed E-state index contributed by atoms with van der Waals surface area (Å²) in [7, 11) is 1.41. The molecule has 4 rings (SSSR count). The normalized spacial score (nSPS) is 23.3. The molecule has 1 fully saturated rings. The minimum atomic E-state index is -4.83. The monoisotopic (exact) mass is 577 g/mol.